The minimum atomic E-state index is -0.354. The lowest BCUT2D eigenvalue weighted by Crippen LogP contribution is -2.27. The van der Waals surface area contributed by atoms with Gasteiger partial charge in [0.2, 0.25) is 0 Å². The smallest absolute Gasteiger partial charge is 0.293 e. The minimum absolute atomic E-state index is 0.126. The first-order chi connectivity index (χ1) is 12.9. The number of nitrogens with zero attached hydrogens (tertiary/aromatic N) is 1. The highest BCUT2D eigenvalue weighted by Gasteiger charge is 2.35. The normalized spacial score (nSPS) is 15.7. The average Bonchev–Trinajstić information content (AvgIpc) is 2.87. The molecule has 0 saturated carbocycles. The molecule has 27 heavy (non-hydrogen) atoms. The first-order valence-corrected chi connectivity index (χ1v) is 11.0. The highest BCUT2D eigenvalue weighted by molar-refractivity contribution is 14.1. The SMILES string of the molecule is CCOc1c(I)cc(C=C2SC(=O)N(Cc3ccc(F)cc3)C2=O)cc1I. The number of imide groups is 1. The highest BCUT2D eigenvalue weighted by Crippen LogP contribution is 2.35. The molecule has 1 aliphatic heterocycles. The van der Waals surface area contributed by atoms with Crippen LogP contribution >= 0.6 is 56.9 Å². The van der Waals surface area contributed by atoms with Crippen LogP contribution in [-0.2, 0) is 11.3 Å². The predicted molar refractivity (Wildman–Crippen MR) is 121 cm³/mol. The van der Waals surface area contributed by atoms with E-state index in [-0.39, 0.29) is 23.5 Å². The van der Waals surface area contributed by atoms with Crippen molar-refractivity contribution in [3.8, 4) is 5.75 Å². The Hall–Kier alpha value is -1.14. The van der Waals surface area contributed by atoms with Gasteiger partial charge < -0.3 is 4.74 Å². The van der Waals surface area contributed by atoms with Gasteiger partial charge in [0.05, 0.1) is 25.2 Å². The molecule has 8 heteroatoms. The number of amides is 2. The molecular formula is C19H14FI2NO3S. The van der Waals surface area contributed by atoms with Crippen LogP contribution in [0.15, 0.2) is 41.3 Å². The lowest BCUT2D eigenvalue weighted by atomic mass is 10.2. The van der Waals surface area contributed by atoms with Gasteiger partial charge in [-0.25, -0.2) is 4.39 Å². The monoisotopic (exact) mass is 609 g/mol. The van der Waals surface area contributed by atoms with Crippen LogP contribution in [0.1, 0.15) is 18.1 Å². The second-order valence-electron chi connectivity index (χ2n) is 5.64. The maximum absolute atomic E-state index is 13.0. The molecule has 1 saturated heterocycles. The Balaban J connectivity index is 1.82. The van der Waals surface area contributed by atoms with Crippen molar-refractivity contribution in [1.82, 2.24) is 4.90 Å². The van der Waals surface area contributed by atoms with E-state index >= 15 is 0 Å². The molecular weight excluding hydrogens is 595 g/mol. The molecule has 2 aromatic rings. The molecule has 0 N–H and O–H groups in total. The number of ether oxygens (including phenoxy) is 1. The summed E-state index contributed by atoms with van der Waals surface area (Å²) in [4.78, 5) is 26.5. The lowest BCUT2D eigenvalue weighted by Gasteiger charge is -2.12. The Labute approximate surface area is 187 Å². The molecule has 0 radical (unpaired) electrons. The molecule has 3 rings (SSSR count). The standard InChI is InChI=1S/C19H14FI2NO3S/c1-2-26-17-14(21)7-12(8-15(17)22)9-16-18(24)23(19(25)27-16)10-11-3-5-13(20)6-4-11/h3-9H,2,10H2,1H3. The van der Waals surface area contributed by atoms with Crippen molar-refractivity contribution in [2.75, 3.05) is 6.61 Å². The summed E-state index contributed by atoms with van der Waals surface area (Å²) < 4.78 is 20.5. The number of hydrogen-bond donors (Lipinski definition) is 0. The third-order valence-corrected chi connectivity index (χ3v) is 6.24. The summed E-state index contributed by atoms with van der Waals surface area (Å²) in [5.74, 6) is 0.126. The second-order valence-corrected chi connectivity index (χ2v) is 8.96. The van der Waals surface area contributed by atoms with Crippen LogP contribution in [0.5, 0.6) is 5.75 Å². The van der Waals surface area contributed by atoms with Crippen molar-refractivity contribution in [2.45, 2.75) is 13.5 Å². The van der Waals surface area contributed by atoms with Crippen molar-refractivity contribution in [1.29, 1.82) is 0 Å². The maximum Gasteiger partial charge on any atom is 0.293 e. The average molecular weight is 609 g/mol. The molecule has 1 aliphatic rings. The molecule has 0 atom stereocenters. The number of rotatable bonds is 5. The fraction of sp³-hybridized carbons (Fsp3) is 0.158. The molecule has 2 aromatic carbocycles. The molecule has 1 heterocycles. The number of halogens is 3. The summed E-state index contributed by atoms with van der Waals surface area (Å²) in [5.41, 5.74) is 1.53. The molecule has 0 aromatic heterocycles. The van der Waals surface area contributed by atoms with Gasteiger partial charge in [-0.1, -0.05) is 12.1 Å². The quantitative estimate of drug-likeness (QED) is 0.324. The van der Waals surface area contributed by atoms with Crippen molar-refractivity contribution in [3.63, 3.8) is 0 Å². The zero-order valence-electron chi connectivity index (χ0n) is 14.2. The van der Waals surface area contributed by atoms with Gasteiger partial charge in [0.15, 0.2) is 0 Å². The Kier molecular flexibility index (Phi) is 6.79. The van der Waals surface area contributed by atoms with E-state index in [1.165, 1.54) is 17.0 Å². The topological polar surface area (TPSA) is 46.6 Å². The summed E-state index contributed by atoms with van der Waals surface area (Å²) in [7, 11) is 0. The predicted octanol–water partition coefficient (Wildman–Crippen LogP) is 5.67. The number of thioether (sulfide) groups is 1. The van der Waals surface area contributed by atoms with E-state index in [0.717, 1.165) is 30.2 Å². The van der Waals surface area contributed by atoms with E-state index in [2.05, 4.69) is 45.2 Å². The van der Waals surface area contributed by atoms with E-state index in [1.54, 1.807) is 18.2 Å². The fourth-order valence-corrected chi connectivity index (χ4v) is 5.47. The molecule has 1 fully saturated rings. The fourth-order valence-electron chi connectivity index (χ4n) is 2.51. The number of benzene rings is 2. The Morgan fingerprint density at radius 3 is 2.37 bits per heavy atom. The number of carbonyl (C=O) groups is 2. The Morgan fingerprint density at radius 1 is 1.15 bits per heavy atom. The van der Waals surface area contributed by atoms with Crippen molar-refractivity contribution >= 4 is 74.2 Å². The third-order valence-electron chi connectivity index (χ3n) is 3.73. The molecule has 0 unspecified atom stereocenters. The summed E-state index contributed by atoms with van der Waals surface area (Å²) in [6.07, 6.45) is 1.72. The third kappa shape index (κ3) is 4.83. The highest BCUT2D eigenvalue weighted by atomic mass is 127. The molecule has 2 amide bonds. The summed E-state index contributed by atoms with van der Waals surface area (Å²) in [6, 6.07) is 9.60. The van der Waals surface area contributed by atoms with E-state index in [0.29, 0.717) is 17.1 Å². The van der Waals surface area contributed by atoms with Gasteiger partial charge in [-0.05, 0) is 105 Å². The first kappa shape index (κ1) is 20.6. The van der Waals surface area contributed by atoms with Crippen LogP contribution in [-0.4, -0.2) is 22.7 Å². The van der Waals surface area contributed by atoms with Gasteiger partial charge >= 0.3 is 0 Å². The van der Waals surface area contributed by atoms with E-state index < -0.39 is 0 Å². The van der Waals surface area contributed by atoms with Crippen LogP contribution in [0, 0.1) is 13.0 Å². The summed E-state index contributed by atoms with van der Waals surface area (Å²) in [5, 5.41) is -0.328. The van der Waals surface area contributed by atoms with Gasteiger partial charge in [-0.2, -0.15) is 0 Å². The van der Waals surface area contributed by atoms with Gasteiger partial charge in [0.1, 0.15) is 11.6 Å². The minimum Gasteiger partial charge on any atom is -0.492 e. The molecule has 0 aliphatic carbocycles. The van der Waals surface area contributed by atoms with Crippen LogP contribution in [0.3, 0.4) is 0 Å². The van der Waals surface area contributed by atoms with E-state index in [9.17, 15) is 14.0 Å². The number of hydrogen-bond acceptors (Lipinski definition) is 4. The van der Waals surface area contributed by atoms with Gasteiger partial charge in [0, 0.05) is 0 Å². The Bertz CT molecular complexity index is 908. The molecule has 4 nitrogen and oxygen atoms in total. The number of carbonyl (C=O) groups excluding carboxylic acids is 2. The largest absolute Gasteiger partial charge is 0.492 e. The zero-order valence-corrected chi connectivity index (χ0v) is 19.3. The second kappa shape index (κ2) is 8.91. The molecule has 0 bridgehead atoms. The van der Waals surface area contributed by atoms with Crippen molar-refractivity contribution < 1.29 is 18.7 Å². The van der Waals surface area contributed by atoms with Gasteiger partial charge in [-0.3, -0.25) is 14.5 Å². The van der Waals surface area contributed by atoms with E-state index in [4.69, 9.17) is 4.74 Å². The summed E-state index contributed by atoms with van der Waals surface area (Å²) >= 11 is 5.30. The van der Waals surface area contributed by atoms with Crippen molar-refractivity contribution in [2.24, 2.45) is 0 Å². The first-order valence-electron chi connectivity index (χ1n) is 8.00. The lowest BCUT2D eigenvalue weighted by molar-refractivity contribution is -0.123. The van der Waals surface area contributed by atoms with Crippen LogP contribution in [0.2, 0.25) is 0 Å². The molecule has 140 valence electrons. The van der Waals surface area contributed by atoms with Crippen LogP contribution in [0.25, 0.3) is 6.08 Å². The Morgan fingerprint density at radius 2 is 1.78 bits per heavy atom. The van der Waals surface area contributed by atoms with E-state index in [1.807, 2.05) is 19.1 Å². The van der Waals surface area contributed by atoms with Crippen LogP contribution < -0.4 is 4.74 Å². The maximum atomic E-state index is 13.0. The zero-order chi connectivity index (χ0) is 19.6. The van der Waals surface area contributed by atoms with Crippen LogP contribution in [0.4, 0.5) is 9.18 Å². The van der Waals surface area contributed by atoms with Gasteiger partial charge in [0.25, 0.3) is 11.1 Å². The molecule has 0 spiro atoms. The van der Waals surface area contributed by atoms with Gasteiger partial charge in [-0.15, -0.1) is 0 Å². The summed E-state index contributed by atoms with van der Waals surface area (Å²) in [6.45, 7) is 2.63. The van der Waals surface area contributed by atoms with Crippen molar-refractivity contribution in [3.05, 3.63) is 65.4 Å².